The molecule has 256 valence electrons. The first-order valence-electron chi connectivity index (χ1n) is 13.2. The van der Waals surface area contributed by atoms with Crippen LogP contribution in [-0.4, -0.2) is 72.3 Å². The number of benzene rings is 4. The lowest BCUT2D eigenvalue weighted by molar-refractivity contribution is 0.449. The molecule has 1 aliphatic rings. The van der Waals surface area contributed by atoms with E-state index in [0.717, 1.165) is 48.5 Å². The Kier molecular flexibility index (Phi) is 8.54. The van der Waals surface area contributed by atoms with Crippen LogP contribution in [0.3, 0.4) is 0 Å². The third-order valence-corrected chi connectivity index (χ3v) is 11.0. The fraction of sp³-hybridized carbons (Fsp3) is 0.143. The van der Waals surface area contributed by atoms with Gasteiger partial charge < -0.3 is 20.4 Å². The van der Waals surface area contributed by atoms with Gasteiger partial charge in [0.15, 0.2) is 0 Å². The molecule has 0 amide bonds. The van der Waals surface area contributed by atoms with Gasteiger partial charge in [0.2, 0.25) is 0 Å². The second-order valence-electron chi connectivity index (χ2n) is 11.0. The summed E-state index contributed by atoms with van der Waals surface area (Å²) in [7, 11) is -20.0. The van der Waals surface area contributed by atoms with Crippen LogP contribution >= 0.6 is 0 Å². The molecule has 0 fully saturated rings. The Morgan fingerprint density at radius 3 is 0.542 bits per heavy atom. The maximum atomic E-state index is 12.2. The lowest BCUT2D eigenvalue weighted by Gasteiger charge is -2.19. The van der Waals surface area contributed by atoms with Gasteiger partial charge in [0.1, 0.15) is 23.0 Å². The van der Waals surface area contributed by atoms with Crippen molar-refractivity contribution >= 4 is 40.5 Å². The van der Waals surface area contributed by atoms with Crippen LogP contribution in [0.15, 0.2) is 68.1 Å². The molecule has 0 aliphatic heterocycles. The molecule has 48 heavy (non-hydrogen) atoms. The van der Waals surface area contributed by atoms with Gasteiger partial charge >= 0.3 is 0 Å². The van der Waals surface area contributed by atoms with Gasteiger partial charge in [-0.2, -0.15) is 33.7 Å². The molecule has 5 rings (SSSR count). The number of hydrogen-bond donors (Lipinski definition) is 8. The van der Waals surface area contributed by atoms with Crippen LogP contribution < -0.4 is 0 Å². The molecule has 4 aromatic carbocycles. The summed E-state index contributed by atoms with van der Waals surface area (Å²) >= 11 is 0. The normalized spacial score (nSPS) is 14.1. The van der Waals surface area contributed by atoms with Crippen LogP contribution in [0.2, 0.25) is 0 Å². The van der Waals surface area contributed by atoms with Crippen molar-refractivity contribution in [2.45, 2.75) is 45.3 Å². The van der Waals surface area contributed by atoms with Gasteiger partial charge in [-0.15, -0.1) is 0 Å². The van der Waals surface area contributed by atoms with E-state index in [1.807, 2.05) is 0 Å². The van der Waals surface area contributed by atoms with Crippen molar-refractivity contribution in [3.8, 4) is 23.0 Å². The lowest BCUT2D eigenvalue weighted by atomic mass is 9.91. The third-order valence-electron chi connectivity index (χ3n) is 7.68. The maximum absolute atomic E-state index is 12.2. The highest BCUT2D eigenvalue weighted by atomic mass is 32.2. The van der Waals surface area contributed by atoms with Crippen LogP contribution in [0.5, 0.6) is 23.0 Å². The van der Waals surface area contributed by atoms with E-state index in [0.29, 0.717) is 0 Å². The van der Waals surface area contributed by atoms with Gasteiger partial charge in [-0.05, 0) is 48.5 Å². The van der Waals surface area contributed by atoms with E-state index in [1.54, 1.807) is 0 Å². The highest BCUT2D eigenvalue weighted by molar-refractivity contribution is 7.86. The zero-order chi connectivity index (χ0) is 35.7. The predicted molar refractivity (Wildman–Crippen MR) is 163 cm³/mol. The van der Waals surface area contributed by atoms with Gasteiger partial charge in [0.25, 0.3) is 40.5 Å². The standard InChI is InChI=1S/C28H24O16S4/c29-25-13-1-14-6-22(46(36,37)38)8-16(26(14)30)3-18-10-24(48(42,43)44)12-20(28(18)32)4-19-11-23(47(39,40)41)9-17(27(19)31)2-15(25)7-21(5-13)45(33,34)35/h5-12,29-32H,1-4H2,(H,33,34,35)(H,36,37,38)(H,39,40,41)(H,42,43,44). The van der Waals surface area contributed by atoms with Crippen LogP contribution in [0.1, 0.15) is 44.5 Å². The molecule has 20 heteroatoms. The van der Waals surface area contributed by atoms with Crippen LogP contribution in [0.25, 0.3) is 0 Å². The summed E-state index contributed by atoms with van der Waals surface area (Å²) in [5.41, 5.74) is -2.85. The molecule has 0 radical (unpaired) electrons. The Morgan fingerprint density at radius 1 is 0.312 bits per heavy atom. The molecule has 0 atom stereocenters. The number of aromatic hydroxyl groups is 4. The number of hydrogen-bond acceptors (Lipinski definition) is 12. The van der Waals surface area contributed by atoms with Gasteiger partial charge in [-0.1, -0.05) is 0 Å². The molecule has 4 aromatic rings. The van der Waals surface area contributed by atoms with Gasteiger partial charge in [-0.25, -0.2) is 0 Å². The number of phenolic OH excluding ortho intramolecular Hbond substituents is 4. The fourth-order valence-electron chi connectivity index (χ4n) is 5.41. The summed E-state index contributed by atoms with van der Waals surface area (Å²) in [6.45, 7) is 0. The van der Waals surface area contributed by atoms with Gasteiger partial charge in [0, 0.05) is 70.2 Å². The van der Waals surface area contributed by atoms with Crippen molar-refractivity contribution in [3.05, 3.63) is 93.0 Å². The van der Waals surface area contributed by atoms with Crippen molar-refractivity contribution in [1.29, 1.82) is 0 Å². The molecule has 16 nitrogen and oxygen atoms in total. The monoisotopic (exact) mass is 744 g/mol. The van der Waals surface area contributed by atoms with Gasteiger partial charge in [-0.3, -0.25) is 18.2 Å². The Balaban J connectivity index is 1.93. The minimum Gasteiger partial charge on any atom is -0.507 e. The molecular weight excluding hydrogens is 721 g/mol. The molecule has 8 bridgehead atoms. The topological polar surface area (TPSA) is 298 Å². The van der Waals surface area contributed by atoms with Crippen molar-refractivity contribution in [3.63, 3.8) is 0 Å². The molecule has 0 aromatic heterocycles. The number of rotatable bonds is 4. The van der Waals surface area contributed by atoms with Crippen molar-refractivity contribution in [1.82, 2.24) is 0 Å². The first-order valence-corrected chi connectivity index (χ1v) is 19.0. The summed E-state index contributed by atoms with van der Waals surface area (Å²) < 4.78 is 137. The molecule has 0 spiro atoms. The summed E-state index contributed by atoms with van der Waals surface area (Å²) in [5, 5.41) is 44.8. The first-order chi connectivity index (χ1) is 21.9. The molecule has 0 unspecified atom stereocenters. The Labute approximate surface area is 273 Å². The molecular formula is C28H24O16S4. The van der Waals surface area contributed by atoms with E-state index < -0.39 is 109 Å². The van der Waals surface area contributed by atoms with Crippen LogP contribution in [0.4, 0.5) is 0 Å². The quantitative estimate of drug-likeness (QED) is 0.122. The molecule has 8 N–H and O–H groups in total. The largest absolute Gasteiger partial charge is 0.507 e. The smallest absolute Gasteiger partial charge is 0.294 e. The Morgan fingerprint density at radius 2 is 0.438 bits per heavy atom. The van der Waals surface area contributed by atoms with E-state index in [2.05, 4.69) is 0 Å². The number of phenols is 4. The highest BCUT2D eigenvalue weighted by Crippen LogP contribution is 2.40. The fourth-order valence-corrected chi connectivity index (χ4v) is 7.74. The maximum Gasteiger partial charge on any atom is 0.294 e. The Hall–Kier alpha value is -4.28. The van der Waals surface area contributed by atoms with Crippen molar-refractivity contribution in [2.75, 3.05) is 0 Å². The van der Waals surface area contributed by atoms with E-state index in [4.69, 9.17) is 0 Å². The minimum atomic E-state index is -5.01. The summed E-state index contributed by atoms with van der Waals surface area (Å²) in [4.78, 5) is -3.22. The van der Waals surface area contributed by atoms with E-state index in [-0.39, 0.29) is 44.5 Å². The van der Waals surface area contributed by atoms with E-state index >= 15 is 0 Å². The predicted octanol–water partition coefficient (Wildman–Crippen LogP) is 2.17. The average molecular weight is 745 g/mol. The highest BCUT2D eigenvalue weighted by Gasteiger charge is 2.26. The van der Waals surface area contributed by atoms with Crippen molar-refractivity contribution < 1.29 is 72.3 Å². The zero-order valence-corrected chi connectivity index (χ0v) is 27.2. The molecule has 0 saturated carbocycles. The SMILES string of the molecule is O=S(=O)(O)c1cc2c(O)c(c1)Cc1cc(S(=O)(=O)O)cc(c1O)Cc1cc(S(=O)(=O)O)cc(c1O)Cc1cc(S(=O)(=O)O)cc(c1O)C2. The lowest BCUT2D eigenvalue weighted by Crippen LogP contribution is -2.08. The van der Waals surface area contributed by atoms with Gasteiger partial charge in [0.05, 0.1) is 19.6 Å². The third kappa shape index (κ3) is 6.96. The van der Waals surface area contributed by atoms with E-state index in [9.17, 15) is 72.3 Å². The molecule has 1 aliphatic carbocycles. The van der Waals surface area contributed by atoms with Crippen molar-refractivity contribution in [2.24, 2.45) is 0 Å². The second-order valence-corrected chi connectivity index (χ2v) is 16.7. The first kappa shape index (κ1) is 35.0. The summed E-state index contributed by atoms with van der Waals surface area (Å²) in [6.07, 6.45) is -2.74. The second kappa shape index (κ2) is 11.7. The summed E-state index contributed by atoms with van der Waals surface area (Å²) in [6, 6.07) is 6.25. The minimum absolute atomic E-state index is 0.356. The summed E-state index contributed by atoms with van der Waals surface area (Å²) in [5.74, 6) is -2.81. The zero-order valence-electron chi connectivity index (χ0n) is 23.9. The van der Waals surface area contributed by atoms with Crippen LogP contribution in [-0.2, 0) is 66.2 Å². The number of fused-ring (bicyclic) bond motifs is 8. The van der Waals surface area contributed by atoms with Crippen LogP contribution in [0, 0.1) is 0 Å². The average Bonchev–Trinajstić information content (AvgIpc) is 2.93. The Bertz CT molecular complexity index is 2040. The molecule has 0 heterocycles. The molecule has 0 saturated heterocycles. The van der Waals surface area contributed by atoms with E-state index in [1.165, 1.54) is 0 Å².